The zero-order valence-electron chi connectivity index (χ0n) is 14.3. The first-order valence-electron chi connectivity index (χ1n) is 8.40. The van der Waals surface area contributed by atoms with Crippen molar-refractivity contribution in [1.29, 1.82) is 0 Å². The van der Waals surface area contributed by atoms with Gasteiger partial charge in [0.1, 0.15) is 0 Å². The molecular weight excluding hydrogens is 321 g/mol. The Bertz CT molecular complexity index is 713. The van der Waals surface area contributed by atoms with Crippen molar-refractivity contribution in [2.24, 2.45) is 0 Å². The summed E-state index contributed by atoms with van der Waals surface area (Å²) >= 11 is 0. The monoisotopic (exact) mass is 343 g/mol. The van der Waals surface area contributed by atoms with E-state index in [-0.39, 0.29) is 24.0 Å². The van der Waals surface area contributed by atoms with Crippen molar-refractivity contribution in [3.05, 3.63) is 59.9 Å². The SMILES string of the molecule is CCCCCC(=O)Nc1ccc(C(=O)COc2ccccc2F)cc1. The Morgan fingerprint density at radius 1 is 1.04 bits per heavy atom. The summed E-state index contributed by atoms with van der Waals surface area (Å²) in [5.41, 5.74) is 1.09. The van der Waals surface area contributed by atoms with Crippen molar-refractivity contribution in [1.82, 2.24) is 0 Å². The Hall–Kier alpha value is -2.69. The van der Waals surface area contributed by atoms with Gasteiger partial charge in [0.05, 0.1) is 0 Å². The van der Waals surface area contributed by atoms with Gasteiger partial charge in [-0.2, -0.15) is 0 Å². The number of Topliss-reactive ketones (excluding diaryl/α,β-unsaturated/α-hetero) is 1. The fraction of sp³-hybridized carbons (Fsp3) is 0.300. The van der Waals surface area contributed by atoms with Crippen LogP contribution in [0.4, 0.5) is 10.1 Å². The van der Waals surface area contributed by atoms with Crippen LogP contribution in [-0.2, 0) is 4.79 Å². The lowest BCUT2D eigenvalue weighted by molar-refractivity contribution is -0.116. The molecule has 0 saturated heterocycles. The van der Waals surface area contributed by atoms with E-state index in [2.05, 4.69) is 12.2 Å². The van der Waals surface area contributed by atoms with Gasteiger partial charge in [0, 0.05) is 17.7 Å². The topological polar surface area (TPSA) is 55.4 Å². The molecule has 0 radical (unpaired) electrons. The average molecular weight is 343 g/mol. The number of halogens is 1. The zero-order valence-corrected chi connectivity index (χ0v) is 14.3. The maximum Gasteiger partial charge on any atom is 0.224 e. The Morgan fingerprint density at radius 3 is 2.44 bits per heavy atom. The maximum atomic E-state index is 13.5. The number of amides is 1. The Morgan fingerprint density at radius 2 is 1.76 bits per heavy atom. The third-order valence-corrected chi connectivity index (χ3v) is 3.69. The van der Waals surface area contributed by atoms with Crippen LogP contribution in [0.5, 0.6) is 5.75 Å². The largest absolute Gasteiger partial charge is 0.482 e. The molecule has 0 fully saturated rings. The second-order valence-corrected chi connectivity index (χ2v) is 5.72. The zero-order chi connectivity index (χ0) is 18.1. The quantitative estimate of drug-likeness (QED) is 0.534. The molecule has 25 heavy (non-hydrogen) atoms. The Balaban J connectivity index is 1.85. The van der Waals surface area contributed by atoms with Crippen LogP contribution in [0.25, 0.3) is 0 Å². The molecule has 2 aromatic rings. The van der Waals surface area contributed by atoms with E-state index in [1.54, 1.807) is 36.4 Å². The van der Waals surface area contributed by atoms with Crippen molar-refractivity contribution >= 4 is 17.4 Å². The van der Waals surface area contributed by atoms with Gasteiger partial charge in [0.25, 0.3) is 0 Å². The number of nitrogens with one attached hydrogen (secondary N) is 1. The highest BCUT2D eigenvalue weighted by Gasteiger charge is 2.09. The lowest BCUT2D eigenvalue weighted by Crippen LogP contribution is -2.13. The highest BCUT2D eigenvalue weighted by molar-refractivity contribution is 5.98. The third-order valence-electron chi connectivity index (χ3n) is 3.69. The maximum absolute atomic E-state index is 13.5. The number of unbranched alkanes of at least 4 members (excludes halogenated alkanes) is 2. The first kappa shape index (κ1) is 18.6. The van der Waals surface area contributed by atoms with Crippen LogP contribution in [0.2, 0.25) is 0 Å². The van der Waals surface area contributed by atoms with Crippen LogP contribution >= 0.6 is 0 Å². The summed E-state index contributed by atoms with van der Waals surface area (Å²) in [5, 5.41) is 2.80. The molecule has 0 atom stereocenters. The molecule has 0 unspecified atom stereocenters. The minimum Gasteiger partial charge on any atom is -0.482 e. The number of rotatable bonds is 9. The van der Waals surface area contributed by atoms with Crippen molar-refractivity contribution in [2.75, 3.05) is 11.9 Å². The van der Waals surface area contributed by atoms with E-state index >= 15 is 0 Å². The number of ketones is 1. The van der Waals surface area contributed by atoms with Gasteiger partial charge in [-0.15, -0.1) is 0 Å². The minimum absolute atomic E-state index is 0.0320. The summed E-state index contributed by atoms with van der Waals surface area (Å²) in [6, 6.07) is 12.5. The number of anilines is 1. The average Bonchev–Trinajstić information content (AvgIpc) is 2.61. The van der Waals surface area contributed by atoms with Gasteiger partial charge in [-0.05, 0) is 42.8 Å². The van der Waals surface area contributed by atoms with Crippen molar-refractivity contribution in [2.45, 2.75) is 32.6 Å². The number of carbonyl (C=O) groups excluding carboxylic acids is 2. The number of ether oxygens (including phenoxy) is 1. The molecule has 5 heteroatoms. The highest BCUT2D eigenvalue weighted by atomic mass is 19.1. The van der Waals surface area contributed by atoms with Gasteiger partial charge >= 0.3 is 0 Å². The van der Waals surface area contributed by atoms with Crippen LogP contribution < -0.4 is 10.1 Å². The van der Waals surface area contributed by atoms with Gasteiger partial charge < -0.3 is 10.1 Å². The third kappa shape index (κ3) is 6.03. The van der Waals surface area contributed by atoms with Gasteiger partial charge in [-0.3, -0.25) is 9.59 Å². The molecule has 0 aromatic heterocycles. The summed E-state index contributed by atoms with van der Waals surface area (Å²) < 4.78 is 18.7. The standard InChI is InChI=1S/C20H22FNO3/c1-2-3-4-9-20(24)22-16-12-10-15(11-13-16)18(23)14-25-19-8-6-5-7-17(19)21/h5-8,10-13H,2-4,9,14H2,1H3,(H,22,24). The lowest BCUT2D eigenvalue weighted by atomic mass is 10.1. The van der Waals surface area contributed by atoms with Crippen LogP contribution in [0.3, 0.4) is 0 Å². The van der Waals surface area contributed by atoms with E-state index in [1.807, 2.05) is 0 Å². The van der Waals surface area contributed by atoms with Gasteiger partial charge in [-0.1, -0.05) is 31.9 Å². The molecule has 0 aliphatic rings. The molecule has 0 aliphatic carbocycles. The molecule has 0 bridgehead atoms. The number of para-hydroxylation sites is 1. The first-order valence-corrected chi connectivity index (χ1v) is 8.40. The Labute approximate surface area is 147 Å². The number of benzene rings is 2. The smallest absolute Gasteiger partial charge is 0.224 e. The van der Waals surface area contributed by atoms with Crippen molar-refractivity contribution < 1.29 is 18.7 Å². The van der Waals surface area contributed by atoms with Crippen molar-refractivity contribution in [3.8, 4) is 5.75 Å². The van der Waals surface area contributed by atoms with E-state index in [0.717, 1.165) is 19.3 Å². The number of hydrogen-bond donors (Lipinski definition) is 1. The predicted molar refractivity (Wildman–Crippen MR) is 95.4 cm³/mol. The minimum atomic E-state index is -0.503. The Kier molecular flexibility index (Phi) is 7.14. The van der Waals surface area contributed by atoms with Crippen LogP contribution in [-0.4, -0.2) is 18.3 Å². The second kappa shape index (κ2) is 9.57. The fourth-order valence-electron chi connectivity index (χ4n) is 2.29. The second-order valence-electron chi connectivity index (χ2n) is 5.72. The van der Waals surface area contributed by atoms with Gasteiger partial charge in [0.15, 0.2) is 24.0 Å². The summed E-state index contributed by atoms with van der Waals surface area (Å²) in [6.07, 6.45) is 3.46. The van der Waals surface area contributed by atoms with Crippen molar-refractivity contribution in [3.63, 3.8) is 0 Å². The fourth-order valence-corrected chi connectivity index (χ4v) is 2.29. The molecule has 0 spiro atoms. The molecule has 0 aliphatic heterocycles. The predicted octanol–water partition coefficient (Wildman–Crippen LogP) is 4.61. The summed E-state index contributed by atoms with van der Waals surface area (Å²) in [5.74, 6) is -0.747. The molecule has 1 amide bonds. The molecule has 1 N–H and O–H groups in total. The summed E-state index contributed by atoms with van der Waals surface area (Å²) in [6.45, 7) is 1.84. The highest BCUT2D eigenvalue weighted by Crippen LogP contribution is 2.16. The van der Waals surface area contributed by atoms with Crippen LogP contribution in [0.15, 0.2) is 48.5 Å². The van der Waals surface area contributed by atoms with Gasteiger partial charge in [0.2, 0.25) is 5.91 Å². The molecule has 0 saturated carbocycles. The van der Waals surface area contributed by atoms with Gasteiger partial charge in [-0.25, -0.2) is 4.39 Å². The molecule has 2 rings (SSSR count). The van der Waals surface area contributed by atoms with E-state index < -0.39 is 5.82 Å². The summed E-state index contributed by atoms with van der Waals surface area (Å²) in [4.78, 5) is 23.9. The van der Waals surface area contributed by atoms with E-state index in [4.69, 9.17) is 4.74 Å². The molecule has 132 valence electrons. The molecular formula is C20H22FNO3. The van der Waals surface area contributed by atoms with Crippen LogP contribution in [0.1, 0.15) is 43.0 Å². The van der Waals surface area contributed by atoms with Crippen LogP contribution in [0, 0.1) is 5.82 Å². The summed E-state index contributed by atoms with van der Waals surface area (Å²) in [7, 11) is 0. The number of hydrogen-bond acceptors (Lipinski definition) is 3. The van der Waals surface area contributed by atoms with E-state index in [0.29, 0.717) is 17.7 Å². The first-order chi connectivity index (χ1) is 12.1. The molecule has 0 heterocycles. The van der Waals surface area contributed by atoms with E-state index in [9.17, 15) is 14.0 Å². The normalized spacial score (nSPS) is 10.3. The lowest BCUT2D eigenvalue weighted by Gasteiger charge is -2.08. The molecule has 4 nitrogen and oxygen atoms in total. The number of carbonyl (C=O) groups is 2. The molecule has 2 aromatic carbocycles. The van der Waals surface area contributed by atoms with E-state index in [1.165, 1.54) is 12.1 Å².